The number of carbonyl (C=O) groups excluding carboxylic acids is 1. The molecule has 16 nitrogen and oxygen atoms in total. The van der Waals surface area contributed by atoms with Gasteiger partial charge in [0.25, 0.3) is 5.91 Å². The molecular formula is C24H32F3N3O13. The molecule has 2 saturated heterocycles. The van der Waals surface area contributed by atoms with Gasteiger partial charge in [-0.25, -0.2) is 0 Å². The zero-order chi connectivity index (χ0) is 31.7. The number of nitrogens with one attached hydrogen (secondary N) is 1. The summed E-state index contributed by atoms with van der Waals surface area (Å²) in [4.78, 5) is 13.0. The standard InChI is InChI=1S/C24H32F3N3O13/c25-24(26,27)23(29-30-23)10-3-1-9(2-4-10)20(37)28-11(7-40-18-12(5-31)42-21(38)16(35)14(18)33)8-41-19-13(6-32)43-22(39)17(36)15(19)34/h1-4,11-19,21-22,31-36,38-39H,5-8H2,(H,28,37)/t11?,12-,13?,14?,15-,16?,17-,18-,19+,21-,22-/m1/s1. The van der Waals surface area contributed by atoms with Crippen molar-refractivity contribution in [3.05, 3.63) is 35.4 Å². The van der Waals surface area contributed by atoms with Crippen molar-refractivity contribution in [2.75, 3.05) is 26.4 Å². The average Bonchev–Trinajstić information content (AvgIpc) is 3.80. The maximum atomic E-state index is 13.3. The van der Waals surface area contributed by atoms with Crippen molar-refractivity contribution in [2.45, 2.75) is 79.3 Å². The number of aliphatic hydroxyl groups excluding tert-OH is 8. The van der Waals surface area contributed by atoms with Gasteiger partial charge in [0.2, 0.25) is 0 Å². The Balaban J connectivity index is 1.48. The Morgan fingerprint density at radius 1 is 0.837 bits per heavy atom. The van der Waals surface area contributed by atoms with Gasteiger partial charge in [0.15, 0.2) is 12.6 Å². The van der Waals surface area contributed by atoms with Crippen molar-refractivity contribution in [1.82, 2.24) is 5.32 Å². The van der Waals surface area contributed by atoms with Crippen LogP contribution in [0.2, 0.25) is 0 Å². The molecule has 0 aliphatic carbocycles. The number of alkyl halides is 3. The van der Waals surface area contributed by atoms with Gasteiger partial charge < -0.3 is 65.1 Å². The maximum absolute atomic E-state index is 13.3. The molecule has 11 atom stereocenters. The molecule has 43 heavy (non-hydrogen) atoms. The summed E-state index contributed by atoms with van der Waals surface area (Å²) in [7, 11) is 0. The van der Waals surface area contributed by atoms with Crippen molar-refractivity contribution in [3.63, 3.8) is 0 Å². The summed E-state index contributed by atoms with van der Waals surface area (Å²) < 4.78 is 61.2. The molecule has 0 bridgehead atoms. The van der Waals surface area contributed by atoms with E-state index in [1.807, 2.05) is 0 Å². The first-order chi connectivity index (χ1) is 20.2. The minimum Gasteiger partial charge on any atom is -0.394 e. The third-order valence-corrected chi connectivity index (χ3v) is 7.24. The van der Waals surface area contributed by atoms with E-state index < -0.39 is 112 Å². The average molecular weight is 628 g/mol. The molecule has 3 aliphatic heterocycles. The first-order valence-corrected chi connectivity index (χ1v) is 13.0. The second kappa shape index (κ2) is 13.3. The molecule has 4 rings (SSSR count). The zero-order valence-electron chi connectivity index (χ0n) is 22.1. The first kappa shape index (κ1) is 33.5. The van der Waals surface area contributed by atoms with Crippen LogP contribution in [0.5, 0.6) is 0 Å². The largest absolute Gasteiger partial charge is 0.442 e. The summed E-state index contributed by atoms with van der Waals surface area (Å²) in [6.45, 7) is -2.54. The summed E-state index contributed by atoms with van der Waals surface area (Å²) in [5.74, 6) is -0.835. The second-order valence-electron chi connectivity index (χ2n) is 10.2. The van der Waals surface area contributed by atoms with Gasteiger partial charge in [0, 0.05) is 11.1 Å². The van der Waals surface area contributed by atoms with E-state index >= 15 is 0 Å². The fraction of sp³-hybridized carbons (Fsp3) is 0.708. The highest BCUT2D eigenvalue weighted by Crippen LogP contribution is 2.52. The molecule has 0 saturated carbocycles. The molecule has 2 fully saturated rings. The van der Waals surface area contributed by atoms with Gasteiger partial charge in [0.1, 0.15) is 48.8 Å². The molecule has 9 N–H and O–H groups in total. The number of carbonyl (C=O) groups is 1. The third-order valence-electron chi connectivity index (χ3n) is 7.24. The van der Waals surface area contributed by atoms with E-state index in [4.69, 9.17) is 18.9 Å². The Bertz CT molecular complexity index is 1080. The smallest absolute Gasteiger partial charge is 0.394 e. The number of benzene rings is 1. The number of ether oxygens (including phenoxy) is 4. The second-order valence-corrected chi connectivity index (χ2v) is 10.2. The van der Waals surface area contributed by atoms with Gasteiger partial charge in [-0.2, -0.15) is 13.2 Å². The Kier molecular flexibility index (Phi) is 10.4. The topological polar surface area (TPSA) is 253 Å². The first-order valence-electron chi connectivity index (χ1n) is 13.0. The van der Waals surface area contributed by atoms with Crippen LogP contribution in [-0.4, -0.2) is 147 Å². The van der Waals surface area contributed by atoms with Crippen LogP contribution in [0.15, 0.2) is 34.5 Å². The Hall–Kier alpha value is -2.40. The highest BCUT2D eigenvalue weighted by atomic mass is 19.4. The van der Waals surface area contributed by atoms with Crippen LogP contribution in [0.1, 0.15) is 15.9 Å². The van der Waals surface area contributed by atoms with Gasteiger partial charge in [-0.05, 0) is 12.1 Å². The quantitative estimate of drug-likeness (QED) is 0.116. The Morgan fingerprint density at radius 2 is 1.28 bits per heavy atom. The lowest BCUT2D eigenvalue weighted by molar-refractivity contribution is -0.299. The predicted octanol–water partition coefficient (Wildman–Crippen LogP) is -3.40. The summed E-state index contributed by atoms with van der Waals surface area (Å²) in [6.07, 6.45) is -21.0. The third kappa shape index (κ3) is 6.97. The molecule has 1 amide bonds. The van der Waals surface area contributed by atoms with Crippen molar-refractivity contribution < 1.29 is 77.8 Å². The molecule has 3 aliphatic rings. The fourth-order valence-electron chi connectivity index (χ4n) is 4.70. The number of hydrogen-bond donors (Lipinski definition) is 9. The zero-order valence-corrected chi connectivity index (χ0v) is 22.1. The number of nitrogens with zero attached hydrogens (tertiary/aromatic N) is 2. The highest BCUT2D eigenvalue weighted by molar-refractivity contribution is 5.94. The Morgan fingerprint density at radius 3 is 1.65 bits per heavy atom. The number of aliphatic hydroxyl groups is 8. The van der Waals surface area contributed by atoms with Crippen LogP contribution in [0.25, 0.3) is 0 Å². The van der Waals surface area contributed by atoms with E-state index in [9.17, 15) is 58.8 Å². The molecule has 1 aromatic carbocycles. The summed E-state index contributed by atoms with van der Waals surface area (Å²) in [6, 6.07) is 3.04. The van der Waals surface area contributed by atoms with Gasteiger partial charge in [-0.1, -0.05) is 12.1 Å². The molecule has 0 spiro atoms. The van der Waals surface area contributed by atoms with Crippen LogP contribution in [0.4, 0.5) is 13.2 Å². The van der Waals surface area contributed by atoms with Crippen molar-refractivity contribution in [1.29, 1.82) is 0 Å². The van der Waals surface area contributed by atoms with E-state index in [-0.39, 0.29) is 11.1 Å². The van der Waals surface area contributed by atoms with Crippen LogP contribution >= 0.6 is 0 Å². The molecule has 0 aromatic heterocycles. The van der Waals surface area contributed by atoms with Crippen LogP contribution in [-0.2, 0) is 24.6 Å². The summed E-state index contributed by atoms with van der Waals surface area (Å²) in [5, 5.41) is 87.9. The summed E-state index contributed by atoms with van der Waals surface area (Å²) >= 11 is 0. The number of rotatable bonds is 11. The number of amides is 1. The van der Waals surface area contributed by atoms with Gasteiger partial charge >= 0.3 is 11.8 Å². The van der Waals surface area contributed by atoms with E-state index in [0.717, 1.165) is 24.3 Å². The lowest BCUT2D eigenvalue weighted by atomic mass is 9.99. The van der Waals surface area contributed by atoms with Crippen molar-refractivity contribution in [2.24, 2.45) is 10.2 Å². The molecule has 19 heteroatoms. The van der Waals surface area contributed by atoms with Gasteiger partial charge in [-0.15, -0.1) is 10.2 Å². The van der Waals surface area contributed by atoms with Crippen LogP contribution in [0, 0.1) is 0 Å². The fourth-order valence-corrected chi connectivity index (χ4v) is 4.70. The van der Waals surface area contributed by atoms with Crippen molar-refractivity contribution in [3.8, 4) is 0 Å². The molecule has 0 radical (unpaired) electrons. The minimum atomic E-state index is -4.77. The molecule has 1 aromatic rings. The number of hydrogen-bond acceptors (Lipinski definition) is 15. The maximum Gasteiger partial charge on any atom is 0.442 e. The lowest BCUT2D eigenvalue weighted by Gasteiger charge is -2.41. The molecular weight excluding hydrogens is 595 g/mol. The van der Waals surface area contributed by atoms with Crippen molar-refractivity contribution >= 4 is 5.91 Å². The van der Waals surface area contributed by atoms with E-state index in [1.165, 1.54) is 0 Å². The molecule has 242 valence electrons. The van der Waals surface area contributed by atoms with Gasteiger partial charge in [0.05, 0.1) is 32.5 Å². The van der Waals surface area contributed by atoms with Crippen LogP contribution < -0.4 is 5.32 Å². The normalized spacial score (nSPS) is 36.3. The van der Waals surface area contributed by atoms with E-state index in [0.29, 0.717) is 0 Å². The minimum absolute atomic E-state index is 0.104. The molecule has 3 heterocycles. The monoisotopic (exact) mass is 627 g/mol. The Labute approximate surface area is 240 Å². The highest BCUT2D eigenvalue weighted by Gasteiger charge is 2.65. The number of halogens is 3. The van der Waals surface area contributed by atoms with Crippen LogP contribution in [0.3, 0.4) is 0 Å². The lowest BCUT2D eigenvalue weighted by Crippen LogP contribution is -2.61. The van der Waals surface area contributed by atoms with E-state index in [1.54, 1.807) is 0 Å². The SMILES string of the molecule is O=C(NC(CO[C@H]1C(CO)O[C@@H](O)[C@H](O)[C@H]1O)CO[C@H]1C(O)C(O)[C@H](O)O[C@@H]1CO)c1ccc(C2(C(F)(F)F)N=N2)cc1. The van der Waals surface area contributed by atoms with Gasteiger partial charge in [-0.3, -0.25) is 4.79 Å². The summed E-state index contributed by atoms with van der Waals surface area (Å²) in [5.41, 5.74) is -3.11. The van der Waals surface area contributed by atoms with E-state index in [2.05, 4.69) is 15.5 Å². The molecule has 4 unspecified atom stereocenters. The predicted molar refractivity (Wildman–Crippen MR) is 130 cm³/mol.